The van der Waals surface area contributed by atoms with Gasteiger partial charge in [0.15, 0.2) is 5.69 Å². The molecule has 1 aliphatic heterocycles. The van der Waals surface area contributed by atoms with Crippen LogP contribution in [0, 0.1) is 0 Å². The lowest BCUT2D eigenvalue weighted by Crippen LogP contribution is -2.25. The van der Waals surface area contributed by atoms with Crippen molar-refractivity contribution in [1.29, 1.82) is 0 Å². The first-order chi connectivity index (χ1) is 10.3. The Hall–Kier alpha value is -2.21. The predicted octanol–water partition coefficient (Wildman–Crippen LogP) is 1.15. The monoisotopic (exact) mass is 286 g/mol. The van der Waals surface area contributed by atoms with Crippen molar-refractivity contribution in [3.05, 3.63) is 47.0 Å². The second-order valence-corrected chi connectivity index (χ2v) is 4.93. The van der Waals surface area contributed by atoms with Gasteiger partial charge in [0, 0.05) is 43.2 Å². The first-order valence-electron chi connectivity index (χ1n) is 7.15. The summed E-state index contributed by atoms with van der Waals surface area (Å²) in [6.45, 7) is 4.37. The van der Waals surface area contributed by atoms with Gasteiger partial charge in [-0.1, -0.05) is 0 Å². The summed E-state index contributed by atoms with van der Waals surface area (Å²) in [5, 5.41) is 7.77. The number of fused-ring (bicyclic) bond motifs is 1. The fraction of sp³-hybridized carbons (Fsp3) is 0.400. The number of hydrogen-bond donors (Lipinski definition) is 1. The van der Waals surface area contributed by atoms with Gasteiger partial charge in [0.25, 0.3) is 0 Å². The normalized spacial score (nSPS) is 13.8. The third kappa shape index (κ3) is 2.80. The van der Waals surface area contributed by atoms with Crippen molar-refractivity contribution in [3.63, 3.8) is 0 Å². The van der Waals surface area contributed by atoms with Crippen molar-refractivity contribution in [2.24, 2.45) is 0 Å². The van der Waals surface area contributed by atoms with Crippen LogP contribution in [0.3, 0.4) is 0 Å². The van der Waals surface area contributed by atoms with Crippen LogP contribution in [0.5, 0.6) is 0 Å². The number of hydrogen-bond acceptors (Lipinski definition) is 5. The molecule has 6 heteroatoms. The van der Waals surface area contributed by atoms with E-state index in [0.717, 1.165) is 29.8 Å². The van der Waals surface area contributed by atoms with Crippen molar-refractivity contribution >= 4 is 5.97 Å². The number of pyridine rings is 1. The van der Waals surface area contributed by atoms with Gasteiger partial charge in [-0.25, -0.2) is 4.79 Å². The molecule has 110 valence electrons. The number of nitrogens with zero attached hydrogens (tertiary/aromatic N) is 3. The van der Waals surface area contributed by atoms with Crippen molar-refractivity contribution in [2.45, 2.75) is 26.4 Å². The molecule has 2 aromatic heterocycles. The van der Waals surface area contributed by atoms with E-state index < -0.39 is 0 Å². The molecular weight excluding hydrogens is 268 g/mol. The maximum absolute atomic E-state index is 12.0. The van der Waals surface area contributed by atoms with Crippen LogP contribution in [0.15, 0.2) is 24.5 Å². The second kappa shape index (κ2) is 6.05. The van der Waals surface area contributed by atoms with Crippen LogP contribution in [0.1, 0.15) is 34.2 Å². The molecule has 0 aliphatic carbocycles. The number of ether oxygens (including phenoxy) is 1. The first kappa shape index (κ1) is 13.8. The molecule has 3 heterocycles. The summed E-state index contributed by atoms with van der Waals surface area (Å²) in [4.78, 5) is 16.1. The number of nitrogens with one attached hydrogen (secondary N) is 1. The molecule has 0 saturated carbocycles. The molecule has 0 unspecified atom stereocenters. The average molecular weight is 286 g/mol. The number of rotatable bonds is 4. The molecule has 0 bridgehead atoms. The average Bonchev–Trinajstić information content (AvgIpc) is 2.88. The van der Waals surface area contributed by atoms with Crippen LogP contribution < -0.4 is 5.32 Å². The van der Waals surface area contributed by atoms with Gasteiger partial charge in [0.2, 0.25) is 0 Å². The standard InChI is InChI=1S/C15H18N4O2/c1-2-21-15(20)14-12-9-17-8-5-13(12)19(18-14)10-11-3-6-16-7-4-11/h3-4,6-7,17H,2,5,8-10H2,1H3. The van der Waals surface area contributed by atoms with Gasteiger partial charge in [0.1, 0.15) is 0 Å². The minimum absolute atomic E-state index is 0.342. The predicted molar refractivity (Wildman–Crippen MR) is 76.9 cm³/mol. The highest BCUT2D eigenvalue weighted by Gasteiger charge is 2.25. The highest BCUT2D eigenvalue weighted by atomic mass is 16.5. The molecule has 0 amide bonds. The Morgan fingerprint density at radius 2 is 2.24 bits per heavy atom. The molecular formula is C15H18N4O2. The quantitative estimate of drug-likeness (QED) is 0.854. The Bertz CT molecular complexity index is 637. The lowest BCUT2D eigenvalue weighted by Gasteiger charge is -2.15. The zero-order chi connectivity index (χ0) is 14.7. The molecule has 2 aromatic rings. The summed E-state index contributed by atoms with van der Waals surface area (Å²) in [5.74, 6) is -0.342. The number of carbonyl (C=O) groups is 1. The minimum Gasteiger partial charge on any atom is -0.461 e. The second-order valence-electron chi connectivity index (χ2n) is 4.93. The molecule has 0 spiro atoms. The summed E-state index contributed by atoms with van der Waals surface area (Å²) in [6.07, 6.45) is 4.39. The Kier molecular flexibility index (Phi) is 3.96. The number of aromatic nitrogens is 3. The van der Waals surface area contributed by atoms with Gasteiger partial charge in [0.05, 0.1) is 13.2 Å². The van der Waals surface area contributed by atoms with Crippen LogP contribution in [0.25, 0.3) is 0 Å². The SMILES string of the molecule is CCOC(=O)c1nn(Cc2ccncc2)c2c1CNCC2. The molecule has 0 atom stereocenters. The van der Waals surface area contributed by atoms with E-state index in [2.05, 4.69) is 15.4 Å². The summed E-state index contributed by atoms with van der Waals surface area (Å²) in [6, 6.07) is 3.92. The Morgan fingerprint density at radius 3 is 3.00 bits per heavy atom. The van der Waals surface area contributed by atoms with Crippen molar-refractivity contribution in [3.8, 4) is 0 Å². The van der Waals surface area contributed by atoms with Crippen molar-refractivity contribution in [2.75, 3.05) is 13.2 Å². The van der Waals surface area contributed by atoms with E-state index in [9.17, 15) is 4.79 Å². The third-order valence-electron chi connectivity index (χ3n) is 3.56. The zero-order valence-electron chi connectivity index (χ0n) is 12.0. The molecule has 3 rings (SSSR count). The zero-order valence-corrected chi connectivity index (χ0v) is 12.0. The van der Waals surface area contributed by atoms with Gasteiger partial charge in [-0.3, -0.25) is 9.67 Å². The molecule has 21 heavy (non-hydrogen) atoms. The van der Waals surface area contributed by atoms with Crippen LogP contribution in [0.4, 0.5) is 0 Å². The molecule has 1 N–H and O–H groups in total. The summed E-state index contributed by atoms with van der Waals surface area (Å²) >= 11 is 0. The van der Waals surface area contributed by atoms with Crippen LogP contribution in [-0.4, -0.2) is 33.9 Å². The van der Waals surface area contributed by atoms with Crippen molar-refractivity contribution < 1.29 is 9.53 Å². The van der Waals surface area contributed by atoms with Crippen LogP contribution >= 0.6 is 0 Å². The van der Waals surface area contributed by atoms with E-state index in [1.807, 2.05) is 16.8 Å². The number of carbonyl (C=O) groups excluding carboxylic acids is 1. The summed E-state index contributed by atoms with van der Waals surface area (Å²) in [5.41, 5.74) is 3.64. The van der Waals surface area contributed by atoms with Gasteiger partial charge in [-0.2, -0.15) is 5.10 Å². The third-order valence-corrected chi connectivity index (χ3v) is 3.56. The topological polar surface area (TPSA) is 69.0 Å². The highest BCUT2D eigenvalue weighted by Crippen LogP contribution is 2.20. The minimum atomic E-state index is -0.342. The molecule has 0 radical (unpaired) electrons. The lowest BCUT2D eigenvalue weighted by molar-refractivity contribution is 0.0517. The molecule has 0 saturated heterocycles. The molecule has 0 fully saturated rings. The molecule has 6 nitrogen and oxygen atoms in total. The largest absolute Gasteiger partial charge is 0.461 e. The van der Waals surface area contributed by atoms with E-state index in [4.69, 9.17) is 4.74 Å². The van der Waals surface area contributed by atoms with Gasteiger partial charge in [-0.05, 0) is 24.6 Å². The van der Waals surface area contributed by atoms with E-state index in [0.29, 0.717) is 25.4 Å². The molecule has 1 aliphatic rings. The first-order valence-corrected chi connectivity index (χ1v) is 7.15. The molecule has 0 aromatic carbocycles. The highest BCUT2D eigenvalue weighted by molar-refractivity contribution is 5.89. The van der Waals surface area contributed by atoms with Gasteiger partial charge >= 0.3 is 5.97 Å². The number of esters is 1. The fourth-order valence-electron chi connectivity index (χ4n) is 2.58. The Labute approximate surface area is 123 Å². The van der Waals surface area contributed by atoms with Crippen LogP contribution in [0.2, 0.25) is 0 Å². The smallest absolute Gasteiger partial charge is 0.359 e. The van der Waals surface area contributed by atoms with Crippen LogP contribution in [-0.2, 0) is 24.2 Å². The van der Waals surface area contributed by atoms with E-state index >= 15 is 0 Å². The fourth-order valence-corrected chi connectivity index (χ4v) is 2.58. The summed E-state index contributed by atoms with van der Waals surface area (Å²) in [7, 11) is 0. The maximum atomic E-state index is 12.0. The Morgan fingerprint density at radius 1 is 1.43 bits per heavy atom. The maximum Gasteiger partial charge on any atom is 0.359 e. The van der Waals surface area contributed by atoms with Gasteiger partial charge < -0.3 is 10.1 Å². The van der Waals surface area contributed by atoms with E-state index in [1.165, 1.54) is 0 Å². The lowest BCUT2D eigenvalue weighted by atomic mass is 10.1. The van der Waals surface area contributed by atoms with E-state index in [-0.39, 0.29) is 5.97 Å². The Balaban J connectivity index is 1.95. The summed E-state index contributed by atoms with van der Waals surface area (Å²) < 4.78 is 7.02. The van der Waals surface area contributed by atoms with Gasteiger partial charge in [-0.15, -0.1) is 0 Å². The van der Waals surface area contributed by atoms with E-state index in [1.54, 1.807) is 19.3 Å². The van der Waals surface area contributed by atoms with Crippen molar-refractivity contribution in [1.82, 2.24) is 20.1 Å².